The van der Waals surface area contributed by atoms with Gasteiger partial charge in [0.05, 0.1) is 6.42 Å². The minimum absolute atomic E-state index is 0.0241. The molecule has 0 saturated carbocycles. The van der Waals surface area contributed by atoms with Crippen LogP contribution in [0.25, 0.3) is 0 Å². The van der Waals surface area contributed by atoms with Crippen LogP contribution in [0.2, 0.25) is 0 Å². The van der Waals surface area contributed by atoms with Crippen LogP contribution < -0.4 is 10.6 Å². The van der Waals surface area contributed by atoms with E-state index in [0.29, 0.717) is 13.0 Å². The summed E-state index contributed by atoms with van der Waals surface area (Å²) in [6, 6.07) is 7.31. The minimum Gasteiger partial charge on any atom is -0.356 e. The maximum atomic E-state index is 11.7. The first-order valence-electron chi connectivity index (χ1n) is 6.75. The standard InChI is InChI=1S/C15H23N3O2/c1-12(19)17-14-7-5-13(6-8-14)11-15(20)16-9-4-10-18(2)3/h5-8H,4,9-11H2,1-3H3,(H,16,20)(H,17,19). The third-order valence-electron chi connectivity index (χ3n) is 2.74. The Morgan fingerprint density at radius 1 is 1.15 bits per heavy atom. The molecule has 0 unspecified atom stereocenters. The number of amides is 2. The van der Waals surface area contributed by atoms with E-state index in [0.717, 1.165) is 24.2 Å². The second-order valence-corrected chi connectivity index (χ2v) is 5.06. The highest BCUT2D eigenvalue weighted by atomic mass is 16.2. The summed E-state index contributed by atoms with van der Waals surface area (Å²) in [7, 11) is 4.02. The minimum atomic E-state index is -0.101. The predicted octanol–water partition coefficient (Wildman–Crippen LogP) is 1.26. The lowest BCUT2D eigenvalue weighted by molar-refractivity contribution is -0.120. The molecule has 5 nitrogen and oxygen atoms in total. The molecular formula is C15H23N3O2. The normalized spacial score (nSPS) is 10.4. The van der Waals surface area contributed by atoms with Gasteiger partial charge in [0, 0.05) is 19.2 Å². The molecule has 0 bridgehead atoms. The average molecular weight is 277 g/mol. The fraction of sp³-hybridized carbons (Fsp3) is 0.467. The molecule has 0 radical (unpaired) electrons. The van der Waals surface area contributed by atoms with Gasteiger partial charge in [-0.25, -0.2) is 0 Å². The highest BCUT2D eigenvalue weighted by Gasteiger charge is 2.03. The van der Waals surface area contributed by atoms with Crippen molar-refractivity contribution >= 4 is 17.5 Å². The number of hydrogen-bond acceptors (Lipinski definition) is 3. The monoisotopic (exact) mass is 277 g/mol. The van der Waals surface area contributed by atoms with Crippen molar-refractivity contribution in [3.63, 3.8) is 0 Å². The Labute approximate surface area is 120 Å². The lowest BCUT2D eigenvalue weighted by Gasteiger charge is -2.10. The fourth-order valence-corrected chi connectivity index (χ4v) is 1.78. The molecule has 1 aromatic carbocycles. The predicted molar refractivity (Wildman–Crippen MR) is 80.6 cm³/mol. The van der Waals surface area contributed by atoms with E-state index in [2.05, 4.69) is 15.5 Å². The number of carbonyl (C=O) groups excluding carboxylic acids is 2. The van der Waals surface area contributed by atoms with Crippen molar-refractivity contribution in [2.75, 3.05) is 32.5 Å². The van der Waals surface area contributed by atoms with Crippen molar-refractivity contribution in [1.82, 2.24) is 10.2 Å². The Hall–Kier alpha value is -1.88. The molecule has 0 atom stereocenters. The van der Waals surface area contributed by atoms with E-state index < -0.39 is 0 Å². The fourth-order valence-electron chi connectivity index (χ4n) is 1.78. The van der Waals surface area contributed by atoms with Gasteiger partial charge in [-0.05, 0) is 44.8 Å². The van der Waals surface area contributed by atoms with E-state index in [-0.39, 0.29) is 11.8 Å². The van der Waals surface area contributed by atoms with Gasteiger partial charge in [-0.1, -0.05) is 12.1 Å². The lowest BCUT2D eigenvalue weighted by Crippen LogP contribution is -2.28. The summed E-state index contributed by atoms with van der Waals surface area (Å²) in [5.74, 6) is -0.0765. The zero-order valence-electron chi connectivity index (χ0n) is 12.4. The molecule has 5 heteroatoms. The van der Waals surface area contributed by atoms with E-state index in [1.54, 1.807) is 12.1 Å². The molecule has 0 aliphatic heterocycles. The van der Waals surface area contributed by atoms with Crippen molar-refractivity contribution in [1.29, 1.82) is 0 Å². The Morgan fingerprint density at radius 2 is 1.80 bits per heavy atom. The van der Waals surface area contributed by atoms with Gasteiger partial charge in [-0.3, -0.25) is 9.59 Å². The Balaban J connectivity index is 2.33. The van der Waals surface area contributed by atoms with Gasteiger partial charge in [0.1, 0.15) is 0 Å². The van der Waals surface area contributed by atoms with E-state index in [9.17, 15) is 9.59 Å². The molecule has 20 heavy (non-hydrogen) atoms. The summed E-state index contributed by atoms with van der Waals surface area (Å²) >= 11 is 0. The summed E-state index contributed by atoms with van der Waals surface area (Å²) in [4.78, 5) is 24.7. The second-order valence-electron chi connectivity index (χ2n) is 5.06. The van der Waals surface area contributed by atoms with Gasteiger partial charge in [0.25, 0.3) is 0 Å². The molecule has 0 aliphatic rings. The van der Waals surface area contributed by atoms with Gasteiger partial charge >= 0.3 is 0 Å². The number of benzene rings is 1. The third kappa shape index (κ3) is 6.89. The van der Waals surface area contributed by atoms with Crippen LogP contribution in [0.15, 0.2) is 24.3 Å². The molecule has 0 heterocycles. The van der Waals surface area contributed by atoms with Gasteiger partial charge in [-0.2, -0.15) is 0 Å². The lowest BCUT2D eigenvalue weighted by atomic mass is 10.1. The molecule has 0 aliphatic carbocycles. The number of carbonyl (C=O) groups is 2. The molecule has 1 rings (SSSR count). The van der Waals surface area contributed by atoms with Crippen LogP contribution >= 0.6 is 0 Å². The number of rotatable bonds is 7. The first-order valence-corrected chi connectivity index (χ1v) is 6.75. The largest absolute Gasteiger partial charge is 0.356 e. The molecule has 2 N–H and O–H groups in total. The van der Waals surface area contributed by atoms with E-state index in [1.165, 1.54) is 6.92 Å². The van der Waals surface area contributed by atoms with Crippen molar-refractivity contribution in [3.05, 3.63) is 29.8 Å². The smallest absolute Gasteiger partial charge is 0.224 e. The van der Waals surface area contributed by atoms with Crippen molar-refractivity contribution in [2.24, 2.45) is 0 Å². The van der Waals surface area contributed by atoms with Gasteiger partial charge in [0.15, 0.2) is 0 Å². The Kier molecular flexibility index (Phi) is 6.73. The van der Waals surface area contributed by atoms with E-state index in [4.69, 9.17) is 0 Å². The highest BCUT2D eigenvalue weighted by molar-refractivity contribution is 5.88. The number of hydrogen-bond donors (Lipinski definition) is 2. The summed E-state index contributed by atoms with van der Waals surface area (Å²) < 4.78 is 0. The molecule has 110 valence electrons. The van der Waals surface area contributed by atoms with Crippen LogP contribution in [0.1, 0.15) is 18.9 Å². The second kappa shape index (κ2) is 8.32. The zero-order chi connectivity index (χ0) is 15.0. The van der Waals surface area contributed by atoms with Crippen LogP contribution in [0.5, 0.6) is 0 Å². The quantitative estimate of drug-likeness (QED) is 0.738. The van der Waals surface area contributed by atoms with Crippen LogP contribution in [0, 0.1) is 0 Å². The maximum absolute atomic E-state index is 11.7. The van der Waals surface area contributed by atoms with E-state index >= 15 is 0 Å². The summed E-state index contributed by atoms with van der Waals surface area (Å²) in [5, 5.41) is 5.59. The number of anilines is 1. The van der Waals surface area contributed by atoms with Crippen LogP contribution in [0.4, 0.5) is 5.69 Å². The zero-order valence-corrected chi connectivity index (χ0v) is 12.4. The Morgan fingerprint density at radius 3 is 2.35 bits per heavy atom. The molecule has 1 aromatic rings. The third-order valence-corrected chi connectivity index (χ3v) is 2.74. The maximum Gasteiger partial charge on any atom is 0.224 e. The van der Waals surface area contributed by atoms with Crippen molar-refractivity contribution < 1.29 is 9.59 Å². The molecular weight excluding hydrogens is 254 g/mol. The molecule has 0 aromatic heterocycles. The van der Waals surface area contributed by atoms with Crippen molar-refractivity contribution in [2.45, 2.75) is 19.8 Å². The SMILES string of the molecule is CC(=O)Nc1ccc(CC(=O)NCCCN(C)C)cc1. The Bertz CT molecular complexity index is 441. The highest BCUT2D eigenvalue weighted by Crippen LogP contribution is 2.09. The number of nitrogens with one attached hydrogen (secondary N) is 2. The summed E-state index contributed by atoms with van der Waals surface area (Å²) in [6.45, 7) is 3.13. The van der Waals surface area contributed by atoms with Gasteiger partial charge in [0.2, 0.25) is 11.8 Å². The molecule has 2 amide bonds. The first-order chi connectivity index (χ1) is 9.47. The van der Waals surface area contributed by atoms with Crippen LogP contribution in [0.3, 0.4) is 0 Å². The van der Waals surface area contributed by atoms with Crippen LogP contribution in [-0.2, 0) is 16.0 Å². The molecule has 0 saturated heterocycles. The average Bonchev–Trinajstić information content (AvgIpc) is 2.36. The van der Waals surface area contributed by atoms with Gasteiger partial charge < -0.3 is 15.5 Å². The molecule has 0 fully saturated rings. The number of nitrogens with zero attached hydrogens (tertiary/aromatic N) is 1. The van der Waals surface area contributed by atoms with Crippen molar-refractivity contribution in [3.8, 4) is 0 Å². The van der Waals surface area contributed by atoms with Crippen LogP contribution in [-0.4, -0.2) is 43.9 Å². The topological polar surface area (TPSA) is 61.4 Å². The summed E-state index contributed by atoms with van der Waals surface area (Å²) in [5.41, 5.74) is 1.68. The summed E-state index contributed by atoms with van der Waals surface area (Å²) in [6.07, 6.45) is 1.31. The van der Waals surface area contributed by atoms with E-state index in [1.807, 2.05) is 26.2 Å². The molecule has 0 spiro atoms. The first kappa shape index (κ1) is 16.2. The van der Waals surface area contributed by atoms with Gasteiger partial charge in [-0.15, -0.1) is 0 Å².